The molecule has 2 N–H and O–H groups in total. The van der Waals surface area contributed by atoms with Crippen LogP contribution in [0.4, 0.5) is 0 Å². The summed E-state index contributed by atoms with van der Waals surface area (Å²) in [6.45, 7) is 3.19. The van der Waals surface area contributed by atoms with Gasteiger partial charge in [-0.2, -0.15) is 0 Å². The molecule has 1 heterocycles. The Morgan fingerprint density at radius 3 is 2.25 bits per heavy atom. The number of nitrogens with one attached hydrogen (secondary N) is 1. The first kappa shape index (κ1) is 15.5. The lowest BCUT2D eigenvalue weighted by atomic mass is 10.1. The third kappa shape index (κ3) is 2.87. The van der Waals surface area contributed by atoms with Crippen molar-refractivity contribution in [3.05, 3.63) is 28.6 Å². The summed E-state index contributed by atoms with van der Waals surface area (Å²) in [5.41, 5.74) is 1.32. The Hall–Kier alpha value is -2.57. The van der Waals surface area contributed by atoms with E-state index in [1.165, 1.54) is 7.11 Å². The molecule has 0 aliphatic heterocycles. The van der Waals surface area contributed by atoms with Crippen LogP contribution in [-0.4, -0.2) is 42.0 Å². The third-order valence-electron chi connectivity index (χ3n) is 2.74. The molecule has 7 nitrogen and oxygen atoms in total. The van der Waals surface area contributed by atoms with E-state index in [0.717, 1.165) is 13.2 Å². The molecule has 1 aromatic rings. The molecule has 0 aliphatic rings. The average molecular weight is 281 g/mol. The standard InChI is InChI=1S/C13H15NO6/c1-6-10(7(2)14-11(6)13(18)20-4)8(15)5-9(16)12(17)19-3/h5,14-15H,1-4H3. The summed E-state index contributed by atoms with van der Waals surface area (Å²) >= 11 is 0. The molecular weight excluding hydrogens is 266 g/mol. The Morgan fingerprint density at radius 1 is 1.15 bits per heavy atom. The van der Waals surface area contributed by atoms with E-state index in [-0.39, 0.29) is 11.3 Å². The largest absolute Gasteiger partial charge is 0.507 e. The van der Waals surface area contributed by atoms with Gasteiger partial charge in [0.05, 0.1) is 14.2 Å². The van der Waals surface area contributed by atoms with Crippen LogP contribution in [0.25, 0.3) is 5.76 Å². The van der Waals surface area contributed by atoms with Crippen LogP contribution in [0.15, 0.2) is 6.08 Å². The first-order chi connectivity index (χ1) is 9.33. The number of ether oxygens (including phenoxy) is 2. The molecule has 0 amide bonds. The molecule has 108 valence electrons. The number of aliphatic hydroxyl groups is 1. The van der Waals surface area contributed by atoms with E-state index in [9.17, 15) is 19.5 Å². The van der Waals surface area contributed by atoms with Gasteiger partial charge in [-0.05, 0) is 19.4 Å². The van der Waals surface area contributed by atoms with Gasteiger partial charge in [-0.1, -0.05) is 0 Å². The summed E-state index contributed by atoms with van der Waals surface area (Å²) in [6, 6.07) is 0. The van der Waals surface area contributed by atoms with Crippen LogP contribution in [0, 0.1) is 13.8 Å². The second-order valence-corrected chi connectivity index (χ2v) is 4.00. The minimum atomic E-state index is -1.09. The van der Waals surface area contributed by atoms with E-state index >= 15 is 0 Å². The zero-order valence-electron chi connectivity index (χ0n) is 11.6. The molecule has 0 atom stereocenters. The maximum absolute atomic E-state index is 11.5. The van der Waals surface area contributed by atoms with Crippen molar-refractivity contribution in [2.24, 2.45) is 0 Å². The van der Waals surface area contributed by atoms with Crippen molar-refractivity contribution >= 4 is 23.5 Å². The topological polar surface area (TPSA) is 106 Å². The maximum atomic E-state index is 11.5. The molecule has 0 aliphatic carbocycles. The van der Waals surface area contributed by atoms with Crippen molar-refractivity contribution in [2.45, 2.75) is 13.8 Å². The van der Waals surface area contributed by atoms with Gasteiger partial charge in [0, 0.05) is 17.3 Å². The molecule has 0 radical (unpaired) electrons. The SMILES string of the molecule is COC(=O)C(=O)C=C(O)c1c(C)[nH]c(C(=O)OC)c1C. The van der Waals surface area contributed by atoms with Crippen molar-refractivity contribution < 1.29 is 29.0 Å². The van der Waals surface area contributed by atoms with Crippen molar-refractivity contribution in [3.63, 3.8) is 0 Å². The summed E-state index contributed by atoms with van der Waals surface area (Å²) < 4.78 is 8.83. The number of ketones is 1. The summed E-state index contributed by atoms with van der Waals surface area (Å²) in [6.07, 6.45) is 0.746. The fraction of sp³-hybridized carbons (Fsp3) is 0.308. The fourth-order valence-electron chi connectivity index (χ4n) is 1.80. The summed E-state index contributed by atoms with van der Waals surface area (Å²) in [5, 5.41) is 9.93. The highest BCUT2D eigenvalue weighted by molar-refractivity contribution is 6.39. The summed E-state index contributed by atoms with van der Waals surface area (Å²) in [4.78, 5) is 36.6. The maximum Gasteiger partial charge on any atom is 0.378 e. The van der Waals surface area contributed by atoms with Crippen LogP contribution in [0.3, 0.4) is 0 Å². The molecule has 0 aromatic carbocycles. The number of methoxy groups -OCH3 is 2. The first-order valence-corrected chi connectivity index (χ1v) is 5.64. The van der Waals surface area contributed by atoms with E-state index in [2.05, 4.69) is 14.5 Å². The van der Waals surface area contributed by atoms with E-state index in [1.54, 1.807) is 13.8 Å². The molecule has 0 unspecified atom stereocenters. The fourth-order valence-corrected chi connectivity index (χ4v) is 1.80. The Kier molecular flexibility index (Phi) is 4.68. The van der Waals surface area contributed by atoms with Crippen molar-refractivity contribution in [3.8, 4) is 0 Å². The number of hydrogen-bond acceptors (Lipinski definition) is 6. The monoisotopic (exact) mass is 281 g/mol. The van der Waals surface area contributed by atoms with Gasteiger partial charge in [0.1, 0.15) is 11.5 Å². The predicted molar refractivity (Wildman–Crippen MR) is 69.2 cm³/mol. The number of aryl methyl sites for hydroxylation is 1. The smallest absolute Gasteiger partial charge is 0.378 e. The zero-order valence-corrected chi connectivity index (χ0v) is 11.6. The number of carbonyl (C=O) groups excluding carboxylic acids is 3. The minimum absolute atomic E-state index is 0.172. The molecule has 7 heteroatoms. The van der Waals surface area contributed by atoms with Gasteiger partial charge < -0.3 is 19.6 Å². The molecule has 0 saturated heterocycles. The summed E-state index contributed by atoms with van der Waals surface area (Å²) in [5.74, 6) is -3.11. The van der Waals surface area contributed by atoms with Crippen LogP contribution in [0.5, 0.6) is 0 Å². The lowest BCUT2D eigenvalue weighted by molar-refractivity contribution is -0.149. The number of carbonyl (C=O) groups is 3. The van der Waals surface area contributed by atoms with E-state index < -0.39 is 23.5 Å². The quantitative estimate of drug-likeness (QED) is 0.370. The predicted octanol–water partition coefficient (Wildman–Crippen LogP) is 1.06. The van der Waals surface area contributed by atoms with Crippen LogP contribution >= 0.6 is 0 Å². The van der Waals surface area contributed by atoms with Crippen LogP contribution < -0.4 is 0 Å². The van der Waals surface area contributed by atoms with Crippen LogP contribution in [0.2, 0.25) is 0 Å². The molecule has 0 bridgehead atoms. The molecule has 20 heavy (non-hydrogen) atoms. The number of aromatic amines is 1. The van der Waals surface area contributed by atoms with Gasteiger partial charge in [-0.3, -0.25) is 4.79 Å². The lowest BCUT2D eigenvalue weighted by Crippen LogP contribution is -2.13. The molecule has 0 fully saturated rings. The van der Waals surface area contributed by atoms with Crippen molar-refractivity contribution in [1.29, 1.82) is 0 Å². The number of rotatable bonds is 4. The normalized spacial score (nSPS) is 11.1. The van der Waals surface area contributed by atoms with Crippen molar-refractivity contribution in [1.82, 2.24) is 4.98 Å². The van der Waals surface area contributed by atoms with E-state index in [4.69, 9.17) is 0 Å². The molecular formula is C13H15NO6. The number of aliphatic hydroxyl groups excluding tert-OH is 1. The molecule has 1 aromatic heterocycles. The molecule has 0 spiro atoms. The number of esters is 2. The number of hydrogen-bond donors (Lipinski definition) is 2. The van der Waals surface area contributed by atoms with E-state index in [0.29, 0.717) is 11.3 Å². The van der Waals surface area contributed by atoms with Crippen LogP contribution in [-0.2, 0) is 19.1 Å². The lowest BCUT2D eigenvalue weighted by Gasteiger charge is -2.01. The second-order valence-electron chi connectivity index (χ2n) is 4.00. The molecule has 0 saturated carbocycles. The highest BCUT2D eigenvalue weighted by Gasteiger charge is 2.21. The Balaban J connectivity index is 3.24. The third-order valence-corrected chi connectivity index (χ3v) is 2.74. The number of aromatic nitrogens is 1. The summed E-state index contributed by atoms with van der Waals surface area (Å²) in [7, 11) is 2.29. The Morgan fingerprint density at radius 2 is 1.75 bits per heavy atom. The van der Waals surface area contributed by atoms with Crippen LogP contribution in [0.1, 0.15) is 27.3 Å². The van der Waals surface area contributed by atoms with Gasteiger partial charge in [0.25, 0.3) is 5.78 Å². The highest BCUT2D eigenvalue weighted by Crippen LogP contribution is 2.24. The average Bonchev–Trinajstić information content (AvgIpc) is 2.71. The Labute approximate surface area is 115 Å². The second kappa shape index (κ2) is 6.05. The minimum Gasteiger partial charge on any atom is -0.507 e. The zero-order chi connectivity index (χ0) is 15.4. The van der Waals surface area contributed by atoms with Gasteiger partial charge in [-0.25, -0.2) is 9.59 Å². The number of H-pyrrole nitrogens is 1. The van der Waals surface area contributed by atoms with Gasteiger partial charge in [-0.15, -0.1) is 0 Å². The Bertz CT molecular complexity index is 596. The highest BCUT2D eigenvalue weighted by atomic mass is 16.5. The van der Waals surface area contributed by atoms with E-state index in [1.807, 2.05) is 0 Å². The van der Waals surface area contributed by atoms with Gasteiger partial charge >= 0.3 is 11.9 Å². The first-order valence-electron chi connectivity index (χ1n) is 5.64. The molecule has 1 rings (SSSR count). The van der Waals surface area contributed by atoms with Gasteiger partial charge in [0.2, 0.25) is 0 Å². The van der Waals surface area contributed by atoms with Gasteiger partial charge in [0.15, 0.2) is 0 Å². The van der Waals surface area contributed by atoms with Crippen molar-refractivity contribution in [2.75, 3.05) is 14.2 Å².